The van der Waals surface area contributed by atoms with Gasteiger partial charge in [-0.1, -0.05) is 30.3 Å². The fraction of sp³-hybridized carbons (Fsp3) is 0.375. The predicted octanol–water partition coefficient (Wildman–Crippen LogP) is 1.59. The normalized spacial score (nSPS) is 22.9. The SMILES string of the molecule is NCC1Cc2ccccc2N(Cc2ccc3c(c2)C(=O)N(C2CCC(=O)NC2=O)C3)C1. The van der Waals surface area contributed by atoms with Crippen LogP contribution in [-0.4, -0.2) is 41.8 Å². The Balaban J connectivity index is 1.37. The third kappa shape index (κ3) is 3.59. The fourth-order valence-electron chi connectivity index (χ4n) is 5.01. The standard InChI is InChI=1S/C24H26N4O3/c25-11-16-9-17-3-1-2-4-20(17)27(13-16)12-15-5-6-18-14-28(24(31)19(18)10-15)21-7-8-22(29)26-23(21)30/h1-6,10,16,21H,7-9,11-14,25H2,(H,26,29,30). The number of nitrogens with one attached hydrogen (secondary N) is 1. The maximum absolute atomic E-state index is 13.1. The van der Waals surface area contributed by atoms with Gasteiger partial charge < -0.3 is 15.5 Å². The molecule has 7 nitrogen and oxygen atoms in total. The number of nitrogens with zero attached hydrogens (tertiary/aromatic N) is 2. The van der Waals surface area contributed by atoms with Crippen molar-refractivity contribution in [3.63, 3.8) is 0 Å². The second-order valence-electron chi connectivity index (χ2n) is 8.71. The second kappa shape index (κ2) is 7.81. The molecular formula is C24H26N4O3. The van der Waals surface area contributed by atoms with Crippen molar-refractivity contribution in [3.05, 3.63) is 64.7 Å². The zero-order valence-corrected chi connectivity index (χ0v) is 17.3. The predicted molar refractivity (Wildman–Crippen MR) is 116 cm³/mol. The molecule has 0 bridgehead atoms. The van der Waals surface area contributed by atoms with Gasteiger partial charge in [0, 0.05) is 37.3 Å². The number of nitrogens with two attached hydrogens (primary N) is 1. The van der Waals surface area contributed by atoms with E-state index in [4.69, 9.17) is 5.73 Å². The van der Waals surface area contributed by atoms with Gasteiger partial charge in [-0.3, -0.25) is 19.7 Å². The van der Waals surface area contributed by atoms with Crippen LogP contribution in [0, 0.1) is 5.92 Å². The Labute approximate surface area is 181 Å². The molecule has 2 aromatic rings. The maximum atomic E-state index is 13.1. The summed E-state index contributed by atoms with van der Waals surface area (Å²) in [6.45, 7) is 2.64. The van der Waals surface area contributed by atoms with Crippen molar-refractivity contribution < 1.29 is 14.4 Å². The highest BCUT2D eigenvalue weighted by atomic mass is 16.2. The number of anilines is 1. The van der Waals surface area contributed by atoms with Crippen LogP contribution in [0.5, 0.6) is 0 Å². The topological polar surface area (TPSA) is 95.7 Å². The molecule has 0 radical (unpaired) electrons. The minimum Gasteiger partial charge on any atom is -0.367 e. The molecule has 5 rings (SSSR count). The van der Waals surface area contributed by atoms with Crippen LogP contribution in [0.1, 0.15) is 39.9 Å². The molecule has 2 atom stereocenters. The molecule has 0 spiro atoms. The lowest BCUT2D eigenvalue weighted by molar-refractivity contribution is -0.136. The number of benzene rings is 2. The minimum absolute atomic E-state index is 0.134. The van der Waals surface area contributed by atoms with Gasteiger partial charge in [0.15, 0.2) is 0 Å². The van der Waals surface area contributed by atoms with Gasteiger partial charge in [-0.25, -0.2) is 0 Å². The van der Waals surface area contributed by atoms with Gasteiger partial charge in [-0.15, -0.1) is 0 Å². The van der Waals surface area contributed by atoms with Crippen molar-refractivity contribution in [3.8, 4) is 0 Å². The number of carbonyl (C=O) groups excluding carboxylic acids is 3. The summed E-state index contributed by atoms with van der Waals surface area (Å²) < 4.78 is 0. The molecule has 0 aromatic heterocycles. The Morgan fingerprint density at radius 1 is 1.06 bits per heavy atom. The van der Waals surface area contributed by atoms with Crippen LogP contribution in [0.25, 0.3) is 0 Å². The smallest absolute Gasteiger partial charge is 0.255 e. The van der Waals surface area contributed by atoms with E-state index in [9.17, 15) is 14.4 Å². The van der Waals surface area contributed by atoms with Crippen molar-refractivity contribution >= 4 is 23.4 Å². The summed E-state index contributed by atoms with van der Waals surface area (Å²) in [4.78, 5) is 40.7. The zero-order chi connectivity index (χ0) is 21.5. The number of carbonyl (C=O) groups is 3. The highest BCUT2D eigenvalue weighted by Gasteiger charge is 2.39. The Morgan fingerprint density at radius 2 is 1.90 bits per heavy atom. The summed E-state index contributed by atoms with van der Waals surface area (Å²) >= 11 is 0. The molecule has 3 heterocycles. The van der Waals surface area contributed by atoms with E-state index in [2.05, 4.69) is 40.5 Å². The minimum atomic E-state index is -0.583. The molecule has 2 aromatic carbocycles. The second-order valence-corrected chi connectivity index (χ2v) is 8.71. The van der Waals surface area contributed by atoms with Crippen LogP contribution in [-0.2, 0) is 29.1 Å². The quantitative estimate of drug-likeness (QED) is 0.735. The fourth-order valence-corrected chi connectivity index (χ4v) is 5.01. The Hall–Kier alpha value is -3.19. The number of fused-ring (bicyclic) bond motifs is 2. The van der Waals surface area contributed by atoms with Gasteiger partial charge in [-0.05, 0) is 54.1 Å². The highest BCUT2D eigenvalue weighted by Crippen LogP contribution is 2.32. The molecule has 7 heteroatoms. The van der Waals surface area contributed by atoms with Crippen LogP contribution < -0.4 is 16.0 Å². The summed E-state index contributed by atoms with van der Waals surface area (Å²) in [7, 11) is 0. The first-order valence-corrected chi connectivity index (χ1v) is 10.8. The van der Waals surface area contributed by atoms with Crippen LogP contribution in [0.3, 0.4) is 0 Å². The molecule has 1 fully saturated rings. The molecule has 0 aliphatic carbocycles. The van der Waals surface area contributed by atoms with Crippen molar-refractivity contribution in [1.29, 1.82) is 0 Å². The molecule has 160 valence electrons. The van der Waals surface area contributed by atoms with Crippen molar-refractivity contribution in [2.24, 2.45) is 11.7 Å². The molecule has 3 aliphatic rings. The number of amides is 3. The lowest BCUT2D eigenvalue weighted by Crippen LogP contribution is -2.52. The first-order chi connectivity index (χ1) is 15.0. The first-order valence-electron chi connectivity index (χ1n) is 10.8. The van der Waals surface area contributed by atoms with Crippen LogP contribution in [0.15, 0.2) is 42.5 Å². The third-order valence-electron chi connectivity index (χ3n) is 6.62. The van der Waals surface area contributed by atoms with E-state index >= 15 is 0 Å². The summed E-state index contributed by atoms with van der Waals surface area (Å²) in [5.74, 6) is -0.375. The van der Waals surface area contributed by atoms with Crippen LogP contribution >= 0.6 is 0 Å². The molecule has 3 aliphatic heterocycles. The zero-order valence-electron chi connectivity index (χ0n) is 17.3. The number of piperidine rings is 1. The Bertz CT molecular complexity index is 1070. The van der Waals surface area contributed by atoms with Crippen molar-refractivity contribution in [1.82, 2.24) is 10.2 Å². The summed E-state index contributed by atoms with van der Waals surface area (Å²) in [5, 5.41) is 2.35. The third-order valence-corrected chi connectivity index (χ3v) is 6.62. The van der Waals surface area contributed by atoms with Gasteiger partial charge in [0.25, 0.3) is 5.91 Å². The van der Waals surface area contributed by atoms with E-state index in [0.29, 0.717) is 37.5 Å². The van der Waals surface area contributed by atoms with E-state index in [-0.39, 0.29) is 24.1 Å². The number of imide groups is 1. The largest absolute Gasteiger partial charge is 0.367 e. The number of hydrogen-bond acceptors (Lipinski definition) is 5. The number of rotatable bonds is 4. The molecule has 3 amide bonds. The van der Waals surface area contributed by atoms with Crippen LogP contribution in [0.2, 0.25) is 0 Å². The number of hydrogen-bond donors (Lipinski definition) is 2. The van der Waals surface area contributed by atoms with E-state index in [1.807, 2.05) is 12.1 Å². The summed E-state index contributed by atoms with van der Waals surface area (Å²) in [5.41, 5.74) is 11.2. The molecule has 31 heavy (non-hydrogen) atoms. The maximum Gasteiger partial charge on any atom is 0.255 e. The average molecular weight is 418 g/mol. The van der Waals surface area contributed by atoms with Crippen molar-refractivity contribution in [2.45, 2.75) is 38.4 Å². The Kier molecular flexibility index (Phi) is 4.98. The monoisotopic (exact) mass is 418 g/mol. The van der Waals surface area contributed by atoms with E-state index in [1.54, 1.807) is 4.90 Å². The highest BCUT2D eigenvalue weighted by molar-refractivity contribution is 6.05. The average Bonchev–Trinajstić information content (AvgIpc) is 3.09. The van der Waals surface area contributed by atoms with E-state index < -0.39 is 6.04 Å². The van der Waals surface area contributed by atoms with E-state index in [1.165, 1.54) is 11.3 Å². The van der Waals surface area contributed by atoms with Gasteiger partial charge in [0.2, 0.25) is 11.8 Å². The summed E-state index contributed by atoms with van der Waals surface area (Å²) in [6.07, 6.45) is 1.63. The van der Waals surface area contributed by atoms with Gasteiger partial charge in [-0.2, -0.15) is 0 Å². The van der Waals surface area contributed by atoms with Gasteiger partial charge >= 0.3 is 0 Å². The summed E-state index contributed by atoms with van der Waals surface area (Å²) in [6, 6.07) is 13.9. The van der Waals surface area contributed by atoms with Crippen LogP contribution in [0.4, 0.5) is 5.69 Å². The van der Waals surface area contributed by atoms with Crippen molar-refractivity contribution in [2.75, 3.05) is 18.0 Å². The molecule has 0 saturated carbocycles. The number of para-hydroxylation sites is 1. The Morgan fingerprint density at radius 3 is 2.71 bits per heavy atom. The lowest BCUT2D eigenvalue weighted by Gasteiger charge is -2.36. The molecule has 2 unspecified atom stereocenters. The molecular weight excluding hydrogens is 392 g/mol. The van der Waals surface area contributed by atoms with Gasteiger partial charge in [0.05, 0.1) is 0 Å². The lowest BCUT2D eigenvalue weighted by atomic mass is 9.92. The van der Waals surface area contributed by atoms with E-state index in [0.717, 1.165) is 24.1 Å². The van der Waals surface area contributed by atoms with Gasteiger partial charge in [0.1, 0.15) is 6.04 Å². The molecule has 3 N–H and O–H groups in total. The molecule has 1 saturated heterocycles. The first kappa shape index (κ1) is 19.8.